The Morgan fingerprint density at radius 1 is 1.16 bits per heavy atom. The van der Waals surface area contributed by atoms with E-state index in [1.165, 1.54) is 25.0 Å². The number of nitrogens with zero attached hydrogens (tertiary/aromatic N) is 3. The minimum Gasteiger partial charge on any atom is -0.347 e. The molecule has 1 fully saturated rings. The summed E-state index contributed by atoms with van der Waals surface area (Å²) in [5.74, 6) is 0.0386. The van der Waals surface area contributed by atoms with Crippen molar-refractivity contribution in [2.75, 3.05) is 18.0 Å². The van der Waals surface area contributed by atoms with E-state index in [9.17, 15) is 9.18 Å². The molecule has 0 atom stereocenters. The van der Waals surface area contributed by atoms with E-state index in [0.717, 1.165) is 31.6 Å². The van der Waals surface area contributed by atoms with Crippen LogP contribution in [0.2, 0.25) is 0 Å². The van der Waals surface area contributed by atoms with E-state index >= 15 is 0 Å². The number of anilines is 1. The highest BCUT2D eigenvalue weighted by Crippen LogP contribution is 2.16. The average molecular weight is 342 g/mol. The summed E-state index contributed by atoms with van der Waals surface area (Å²) in [6, 6.07) is 7.88. The second-order valence-electron chi connectivity index (χ2n) is 6.41. The lowest BCUT2D eigenvalue weighted by Crippen LogP contribution is -2.29. The molecule has 1 aliphatic heterocycles. The zero-order valence-corrected chi connectivity index (χ0v) is 14.5. The Morgan fingerprint density at radius 3 is 2.64 bits per heavy atom. The van der Waals surface area contributed by atoms with Gasteiger partial charge in [-0.15, -0.1) is 0 Å². The summed E-state index contributed by atoms with van der Waals surface area (Å²) < 4.78 is 13.2. The van der Waals surface area contributed by atoms with Crippen molar-refractivity contribution in [2.45, 2.75) is 39.2 Å². The van der Waals surface area contributed by atoms with Crippen molar-refractivity contribution < 1.29 is 9.18 Å². The molecule has 5 nitrogen and oxygen atoms in total. The van der Waals surface area contributed by atoms with Crippen LogP contribution in [0.1, 0.15) is 47.4 Å². The van der Waals surface area contributed by atoms with Crippen molar-refractivity contribution in [2.24, 2.45) is 0 Å². The lowest BCUT2D eigenvalue weighted by Gasteiger charge is -2.21. The van der Waals surface area contributed by atoms with Gasteiger partial charge in [-0.1, -0.05) is 25.0 Å². The number of aromatic nitrogens is 2. The molecule has 3 rings (SSSR count). The molecule has 1 amide bonds. The minimum atomic E-state index is -0.312. The number of hydrogen-bond acceptors (Lipinski definition) is 4. The summed E-state index contributed by atoms with van der Waals surface area (Å²) in [6.07, 6.45) is 4.70. The second kappa shape index (κ2) is 8.05. The SMILES string of the molecule is Cc1cc(C(=O)NCc2cccc(F)c2)nc(N2CCCCCC2)n1. The third kappa shape index (κ3) is 4.75. The number of nitrogens with one attached hydrogen (secondary N) is 1. The molecule has 0 radical (unpaired) electrons. The highest BCUT2D eigenvalue weighted by atomic mass is 19.1. The first-order valence-electron chi connectivity index (χ1n) is 8.75. The van der Waals surface area contributed by atoms with E-state index in [-0.39, 0.29) is 18.3 Å². The predicted octanol–water partition coefficient (Wildman–Crippen LogP) is 3.23. The zero-order valence-electron chi connectivity index (χ0n) is 14.5. The molecule has 1 aromatic heterocycles. The monoisotopic (exact) mass is 342 g/mol. The lowest BCUT2D eigenvalue weighted by atomic mass is 10.2. The topological polar surface area (TPSA) is 58.1 Å². The summed E-state index contributed by atoms with van der Waals surface area (Å²) in [7, 11) is 0. The molecule has 25 heavy (non-hydrogen) atoms. The van der Waals surface area contributed by atoms with Crippen LogP contribution in [0.25, 0.3) is 0 Å². The van der Waals surface area contributed by atoms with E-state index in [0.29, 0.717) is 17.2 Å². The number of benzene rings is 1. The van der Waals surface area contributed by atoms with Gasteiger partial charge in [0.15, 0.2) is 0 Å². The lowest BCUT2D eigenvalue weighted by molar-refractivity contribution is 0.0945. The Labute approximate surface area is 147 Å². The molecule has 132 valence electrons. The average Bonchev–Trinajstić information content (AvgIpc) is 2.88. The Balaban J connectivity index is 1.71. The largest absolute Gasteiger partial charge is 0.347 e. The maximum Gasteiger partial charge on any atom is 0.270 e. The van der Waals surface area contributed by atoms with Gasteiger partial charge in [-0.2, -0.15) is 0 Å². The molecule has 1 saturated heterocycles. The van der Waals surface area contributed by atoms with Crippen LogP contribution in [0.3, 0.4) is 0 Å². The molecule has 2 aromatic rings. The molecule has 0 bridgehead atoms. The number of carbonyl (C=O) groups excluding carboxylic acids is 1. The second-order valence-corrected chi connectivity index (χ2v) is 6.41. The molecular formula is C19H23FN4O. The number of rotatable bonds is 4. The van der Waals surface area contributed by atoms with Gasteiger partial charge in [-0.3, -0.25) is 4.79 Å². The van der Waals surface area contributed by atoms with Crippen molar-refractivity contribution in [3.8, 4) is 0 Å². The maximum absolute atomic E-state index is 13.2. The fourth-order valence-electron chi connectivity index (χ4n) is 3.00. The zero-order chi connectivity index (χ0) is 17.6. The Morgan fingerprint density at radius 2 is 1.92 bits per heavy atom. The van der Waals surface area contributed by atoms with Crippen LogP contribution >= 0.6 is 0 Å². The standard InChI is InChI=1S/C19H23FN4O/c1-14-11-17(18(25)21-13-15-7-6-8-16(20)12-15)23-19(22-14)24-9-4-2-3-5-10-24/h6-8,11-12H,2-5,9-10,13H2,1H3,(H,21,25). The van der Waals surface area contributed by atoms with Crippen LogP contribution in [-0.2, 0) is 6.54 Å². The van der Waals surface area contributed by atoms with Gasteiger partial charge in [-0.05, 0) is 43.5 Å². The van der Waals surface area contributed by atoms with E-state index in [4.69, 9.17) is 0 Å². The van der Waals surface area contributed by atoms with Crippen LogP contribution in [0.5, 0.6) is 0 Å². The van der Waals surface area contributed by atoms with Gasteiger partial charge in [0.05, 0.1) is 0 Å². The molecule has 0 saturated carbocycles. The number of amides is 1. The molecule has 0 unspecified atom stereocenters. The fraction of sp³-hybridized carbons (Fsp3) is 0.421. The number of carbonyl (C=O) groups is 1. The molecule has 1 aliphatic rings. The van der Waals surface area contributed by atoms with Gasteiger partial charge in [0.1, 0.15) is 11.5 Å². The Bertz CT molecular complexity index is 742. The molecule has 2 heterocycles. The quantitative estimate of drug-likeness (QED) is 0.927. The van der Waals surface area contributed by atoms with E-state index in [2.05, 4.69) is 20.2 Å². The third-order valence-corrected chi connectivity index (χ3v) is 4.31. The van der Waals surface area contributed by atoms with Crippen molar-refractivity contribution in [3.05, 3.63) is 53.1 Å². The van der Waals surface area contributed by atoms with Crippen LogP contribution in [0.15, 0.2) is 30.3 Å². The first-order valence-corrected chi connectivity index (χ1v) is 8.75. The van der Waals surface area contributed by atoms with Gasteiger partial charge in [-0.25, -0.2) is 14.4 Å². The summed E-state index contributed by atoms with van der Waals surface area (Å²) in [4.78, 5) is 23.6. The smallest absolute Gasteiger partial charge is 0.270 e. The minimum absolute atomic E-state index is 0.263. The molecular weight excluding hydrogens is 319 g/mol. The molecule has 1 N–H and O–H groups in total. The number of halogens is 1. The molecule has 0 aliphatic carbocycles. The van der Waals surface area contributed by atoms with Crippen molar-refractivity contribution >= 4 is 11.9 Å². The fourth-order valence-corrected chi connectivity index (χ4v) is 3.00. The van der Waals surface area contributed by atoms with E-state index in [1.54, 1.807) is 18.2 Å². The highest BCUT2D eigenvalue weighted by molar-refractivity contribution is 5.92. The van der Waals surface area contributed by atoms with Gasteiger partial charge < -0.3 is 10.2 Å². The van der Waals surface area contributed by atoms with Gasteiger partial charge in [0.25, 0.3) is 5.91 Å². The first kappa shape index (κ1) is 17.3. The molecule has 6 heteroatoms. The van der Waals surface area contributed by atoms with Gasteiger partial charge in [0.2, 0.25) is 5.95 Å². The summed E-state index contributed by atoms with van der Waals surface area (Å²) in [5.41, 5.74) is 1.83. The summed E-state index contributed by atoms with van der Waals surface area (Å²) in [6.45, 7) is 3.98. The van der Waals surface area contributed by atoms with Crippen LogP contribution in [0, 0.1) is 12.7 Å². The van der Waals surface area contributed by atoms with Crippen LogP contribution in [0.4, 0.5) is 10.3 Å². The van der Waals surface area contributed by atoms with Crippen molar-refractivity contribution in [3.63, 3.8) is 0 Å². The Kier molecular flexibility index (Phi) is 5.58. The summed E-state index contributed by atoms with van der Waals surface area (Å²) >= 11 is 0. The van der Waals surface area contributed by atoms with Crippen LogP contribution < -0.4 is 10.2 Å². The van der Waals surface area contributed by atoms with E-state index in [1.807, 2.05) is 6.92 Å². The predicted molar refractivity (Wildman–Crippen MR) is 95.0 cm³/mol. The number of aryl methyl sites for hydroxylation is 1. The first-order chi connectivity index (χ1) is 12.1. The highest BCUT2D eigenvalue weighted by Gasteiger charge is 2.16. The van der Waals surface area contributed by atoms with Gasteiger partial charge in [0, 0.05) is 25.3 Å². The number of hydrogen-bond donors (Lipinski definition) is 1. The Hall–Kier alpha value is -2.50. The van der Waals surface area contributed by atoms with Crippen LogP contribution in [-0.4, -0.2) is 29.0 Å². The molecule has 1 aromatic carbocycles. The van der Waals surface area contributed by atoms with Gasteiger partial charge >= 0.3 is 0 Å². The van der Waals surface area contributed by atoms with E-state index < -0.39 is 0 Å². The normalized spacial score (nSPS) is 14.9. The maximum atomic E-state index is 13.2. The van der Waals surface area contributed by atoms with Crippen molar-refractivity contribution in [1.29, 1.82) is 0 Å². The van der Waals surface area contributed by atoms with Crippen molar-refractivity contribution in [1.82, 2.24) is 15.3 Å². The molecule has 0 spiro atoms. The summed E-state index contributed by atoms with van der Waals surface area (Å²) in [5, 5.41) is 2.80. The third-order valence-electron chi connectivity index (χ3n) is 4.31.